The van der Waals surface area contributed by atoms with Gasteiger partial charge in [0.1, 0.15) is 5.82 Å². The van der Waals surface area contributed by atoms with Crippen molar-refractivity contribution in [2.24, 2.45) is 0 Å². The highest BCUT2D eigenvalue weighted by Gasteiger charge is 2.29. The van der Waals surface area contributed by atoms with Gasteiger partial charge in [0.25, 0.3) is 0 Å². The molecule has 1 aromatic carbocycles. The first-order chi connectivity index (χ1) is 11.1. The fourth-order valence-electron chi connectivity index (χ4n) is 3.22. The van der Waals surface area contributed by atoms with Crippen LogP contribution in [0.15, 0.2) is 30.3 Å². The molecular formula is C19H26N4. The van der Waals surface area contributed by atoms with Gasteiger partial charge in [-0.25, -0.2) is 4.98 Å². The van der Waals surface area contributed by atoms with Gasteiger partial charge < -0.3 is 9.80 Å². The second-order valence-corrected chi connectivity index (χ2v) is 6.49. The van der Waals surface area contributed by atoms with Gasteiger partial charge >= 0.3 is 0 Å². The molecule has 0 saturated carbocycles. The average Bonchev–Trinajstić information content (AvgIpc) is 2.87. The van der Waals surface area contributed by atoms with Gasteiger partial charge in [-0.15, -0.1) is 0 Å². The lowest BCUT2D eigenvalue weighted by Gasteiger charge is -2.25. The molecule has 1 aromatic heterocycles. The van der Waals surface area contributed by atoms with Crippen molar-refractivity contribution in [1.29, 1.82) is 0 Å². The number of fused-ring (bicyclic) bond motifs is 1. The van der Waals surface area contributed by atoms with Crippen molar-refractivity contribution in [3.63, 3.8) is 0 Å². The van der Waals surface area contributed by atoms with Gasteiger partial charge in [-0.1, -0.05) is 31.5 Å². The zero-order chi connectivity index (χ0) is 16.4. The predicted molar refractivity (Wildman–Crippen MR) is 96.7 cm³/mol. The summed E-state index contributed by atoms with van der Waals surface area (Å²) in [6, 6.07) is 11.0. The summed E-state index contributed by atoms with van der Waals surface area (Å²) in [5.41, 5.74) is 3.64. The smallest absolute Gasteiger partial charge is 0.232 e. The number of aryl methyl sites for hydroxylation is 1. The topological polar surface area (TPSA) is 32.3 Å². The zero-order valence-electron chi connectivity index (χ0n) is 14.6. The number of aromatic nitrogens is 2. The van der Waals surface area contributed by atoms with Crippen LogP contribution in [0.25, 0.3) is 0 Å². The quantitative estimate of drug-likeness (QED) is 0.832. The van der Waals surface area contributed by atoms with Crippen LogP contribution in [-0.2, 0) is 6.42 Å². The van der Waals surface area contributed by atoms with E-state index in [9.17, 15) is 0 Å². The van der Waals surface area contributed by atoms with Crippen LogP contribution in [0.5, 0.6) is 0 Å². The lowest BCUT2D eigenvalue weighted by molar-refractivity contribution is 0.729. The molecular weight excluding hydrogens is 284 g/mol. The molecule has 4 heteroatoms. The summed E-state index contributed by atoms with van der Waals surface area (Å²) >= 11 is 0. The highest BCUT2D eigenvalue weighted by atomic mass is 15.3. The second kappa shape index (κ2) is 6.57. The Labute approximate surface area is 139 Å². The predicted octanol–water partition coefficient (Wildman–Crippen LogP) is 4.10. The van der Waals surface area contributed by atoms with Crippen LogP contribution in [-0.4, -0.2) is 29.6 Å². The van der Waals surface area contributed by atoms with E-state index in [1.54, 1.807) is 0 Å². The first kappa shape index (κ1) is 15.8. The largest absolute Gasteiger partial charge is 0.360 e. The number of nitrogens with zero attached hydrogens (tertiary/aromatic N) is 4. The van der Waals surface area contributed by atoms with Crippen LogP contribution in [0.2, 0.25) is 0 Å². The molecule has 0 N–H and O–H groups in total. The Morgan fingerprint density at radius 1 is 1.26 bits per heavy atom. The minimum Gasteiger partial charge on any atom is -0.360 e. The normalized spacial score (nSPS) is 16.5. The minimum atomic E-state index is 0.392. The van der Waals surface area contributed by atoms with E-state index in [4.69, 9.17) is 9.97 Å². The Hall–Kier alpha value is -2.10. The first-order valence-corrected chi connectivity index (χ1v) is 8.54. The highest BCUT2D eigenvalue weighted by molar-refractivity contribution is 5.67. The van der Waals surface area contributed by atoms with E-state index >= 15 is 0 Å². The van der Waals surface area contributed by atoms with Crippen LogP contribution in [0.1, 0.15) is 37.9 Å². The average molecular weight is 310 g/mol. The molecule has 0 spiro atoms. The van der Waals surface area contributed by atoms with Crippen molar-refractivity contribution >= 4 is 17.5 Å². The van der Waals surface area contributed by atoms with Gasteiger partial charge in [-0.05, 0) is 38.3 Å². The van der Waals surface area contributed by atoms with E-state index in [-0.39, 0.29) is 0 Å². The number of rotatable bonds is 5. The van der Waals surface area contributed by atoms with E-state index in [0.717, 1.165) is 30.4 Å². The summed E-state index contributed by atoms with van der Waals surface area (Å²) in [4.78, 5) is 14.1. The molecule has 0 amide bonds. The number of anilines is 3. The van der Waals surface area contributed by atoms with E-state index in [2.05, 4.69) is 68.0 Å². The van der Waals surface area contributed by atoms with Crippen molar-refractivity contribution < 1.29 is 0 Å². The van der Waals surface area contributed by atoms with Crippen molar-refractivity contribution in [3.8, 4) is 0 Å². The molecule has 1 aliphatic rings. The molecule has 2 heterocycles. The minimum absolute atomic E-state index is 0.392. The number of hydrogen-bond acceptors (Lipinski definition) is 4. The maximum atomic E-state index is 4.86. The molecule has 1 atom stereocenters. The SMILES string of the molecule is CCCCN(C)c1cc(C)nc(N2c3ccccc3CC2C)n1. The van der Waals surface area contributed by atoms with Gasteiger partial charge in [0.05, 0.1) is 0 Å². The lowest BCUT2D eigenvalue weighted by Crippen LogP contribution is -2.27. The molecule has 1 aliphatic heterocycles. The molecule has 122 valence electrons. The Morgan fingerprint density at radius 3 is 2.83 bits per heavy atom. The summed E-state index contributed by atoms with van der Waals surface area (Å²) in [5, 5.41) is 0. The standard InChI is InChI=1S/C19H26N4/c1-5-6-11-22(4)18-12-14(2)20-19(21-18)23-15(3)13-16-9-7-8-10-17(16)23/h7-10,12,15H,5-6,11,13H2,1-4H3. The molecule has 0 aliphatic carbocycles. The van der Waals surface area contributed by atoms with Gasteiger partial charge in [0.15, 0.2) is 0 Å². The summed E-state index contributed by atoms with van der Waals surface area (Å²) < 4.78 is 0. The molecule has 2 aromatic rings. The number of unbranched alkanes of at least 4 members (excludes halogenated alkanes) is 1. The molecule has 0 fully saturated rings. The number of benzene rings is 1. The second-order valence-electron chi connectivity index (χ2n) is 6.49. The number of hydrogen-bond donors (Lipinski definition) is 0. The highest BCUT2D eigenvalue weighted by Crippen LogP contribution is 2.36. The zero-order valence-corrected chi connectivity index (χ0v) is 14.6. The molecule has 1 unspecified atom stereocenters. The summed E-state index contributed by atoms with van der Waals surface area (Å²) in [6.45, 7) is 7.53. The van der Waals surface area contributed by atoms with Gasteiger partial charge in [0.2, 0.25) is 5.95 Å². The van der Waals surface area contributed by atoms with Crippen LogP contribution in [0.4, 0.5) is 17.5 Å². The van der Waals surface area contributed by atoms with Crippen LogP contribution < -0.4 is 9.80 Å². The number of para-hydroxylation sites is 1. The van der Waals surface area contributed by atoms with E-state index < -0.39 is 0 Å². The van der Waals surface area contributed by atoms with Crippen LogP contribution in [0, 0.1) is 6.92 Å². The maximum absolute atomic E-state index is 4.86. The van der Waals surface area contributed by atoms with Gasteiger partial charge in [-0.3, -0.25) is 0 Å². The van der Waals surface area contributed by atoms with E-state index in [1.807, 2.05) is 0 Å². The third-order valence-corrected chi connectivity index (χ3v) is 4.49. The molecule has 0 radical (unpaired) electrons. The van der Waals surface area contributed by atoms with Crippen molar-refractivity contribution in [2.75, 3.05) is 23.4 Å². The third kappa shape index (κ3) is 3.16. The Kier molecular flexibility index (Phi) is 4.51. The lowest BCUT2D eigenvalue weighted by atomic mass is 10.1. The fourth-order valence-corrected chi connectivity index (χ4v) is 3.22. The summed E-state index contributed by atoms with van der Waals surface area (Å²) in [7, 11) is 2.11. The Bertz CT molecular complexity index is 683. The van der Waals surface area contributed by atoms with Crippen molar-refractivity contribution in [1.82, 2.24) is 9.97 Å². The molecule has 0 bridgehead atoms. The van der Waals surface area contributed by atoms with Crippen LogP contribution in [0.3, 0.4) is 0 Å². The van der Waals surface area contributed by atoms with Crippen LogP contribution >= 0.6 is 0 Å². The van der Waals surface area contributed by atoms with Crippen molar-refractivity contribution in [3.05, 3.63) is 41.6 Å². The monoisotopic (exact) mass is 310 g/mol. The van der Waals surface area contributed by atoms with Crippen molar-refractivity contribution in [2.45, 2.75) is 46.1 Å². The fraction of sp³-hybridized carbons (Fsp3) is 0.474. The third-order valence-electron chi connectivity index (χ3n) is 4.49. The first-order valence-electron chi connectivity index (χ1n) is 8.54. The van der Waals surface area contributed by atoms with Gasteiger partial charge in [0, 0.05) is 37.1 Å². The molecule has 0 saturated heterocycles. The molecule has 3 rings (SSSR count). The van der Waals surface area contributed by atoms with E-state index in [0.29, 0.717) is 6.04 Å². The Balaban J connectivity index is 1.95. The summed E-state index contributed by atoms with van der Waals surface area (Å²) in [6.07, 6.45) is 3.42. The summed E-state index contributed by atoms with van der Waals surface area (Å²) in [5.74, 6) is 1.83. The maximum Gasteiger partial charge on any atom is 0.232 e. The molecule has 23 heavy (non-hydrogen) atoms. The van der Waals surface area contributed by atoms with E-state index in [1.165, 1.54) is 24.1 Å². The van der Waals surface area contributed by atoms with Gasteiger partial charge in [-0.2, -0.15) is 4.98 Å². The Morgan fingerprint density at radius 2 is 2.04 bits per heavy atom. The molecule has 4 nitrogen and oxygen atoms in total.